The zero-order valence-electron chi connectivity index (χ0n) is 10.9. The van der Waals surface area contributed by atoms with Gasteiger partial charge < -0.3 is 5.32 Å². The summed E-state index contributed by atoms with van der Waals surface area (Å²) >= 11 is 0. The van der Waals surface area contributed by atoms with Crippen LogP contribution in [0.2, 0.25) is 0 Å². The van der Waals surface area contributed by atoms with Crippen LogP contribution in [0.4, 0.5) is 5.82 Å². The second-order valence-corrected chi connectivity index (χ2v) is 5.55. The number of rotatable bonds is 3. The van der Waals surface area contributed by atoms with Gasteiger partial charge in [0.15, 0.2) is 0 Å². The third-order valence-electron chi connectivity index (χ3n) is 4.04. The number of anilines is 1. The molecule has 0 radical (unpaired) electrons. The van der Waals surface area contributed by atoms with E-state index in [0.29, 0.717) is 0 Å². The Labute approximate surface area is 108 Å². The second kappa shape index (κ2) is 4.97. The van der Waals surface area contributed by atoms with Crippen molar-refractivity contribution in [1.82, 2.24) is 4.98 Å². The molecule has 1 saturated carbocycles. The Morgan fingerprint density at radius 3 is 2.94 bits per heavy atom. The minimum Gasteiger partial charge on any atom is -0.369 e. The standard InChI is InChI=1S/C16H20N2/c1-12-6-7-13(10-12)11-18-16-15-5-3-2-4-14(15)8-9-17-16/h2-5,8-9,12-13H,6-7,10-11H2,1H3,(H,17,18). The molecule has 1 aliphatic carbocycles. The van der Waals surface area contributed by atoms with Crippen LogP contribution < -0.4 is 5.32 Å². The fourth-order valence-electron chi connectivity index (χ4n) is 3.01. The molecule has 94 valence electrons. The fourth-order valence-corrected chi connectivity index (χ4v) is 3.01. The number of benzene rings is 1. The lowest BCUT2D eigenvalue weighted by atomic mass is 10.1. The number of nitrogens with zero attached hydrogens (tertiary/aromatic N) is 1. The molecule has 2 heteroatoms. The molecule has 1 aliphatic rings. The van der Waals surface area contributed by atoms with Crippen LogP contribution in [0, 0.1) is 11.8 Å². The first-order valence-corrected chi connectivity index (χ1v) is 6.90. The predicted molar refractivity (Wildman–Crippen MR) is 76.7 cm³/mol. The first kappa shape index (κ1) is 11.5. The van der Waals surface area contributed by atoms with Gasteiger partial charge in [-0.3, -0.25) is 0 Å². The lowest BCUT2D eigenvalue weighted by Crippen LogP contribution is -2.12. The van der Waals surface area contributed by atoms with Crippen molar-refractivity contribution in [3.63, 3.8) is 0 Å². The molecule has 1 N–H and O–H groups in total. The van der Waals surface area contributed by atoms with Crippen molar-refractivity contribution in [3.05, 3.63) is 36.5 Å². The van der Waals surface area contributed by atoms with Crippen LogP contribution >= 0.6 is 0 Å². The molecule has 2 atom stereocenters. The van der Waals surface area contributed by atoms with Crippen molar-refractivity contribution in [2.45, 2.75) is 26.2 Å². The first-order chi connectivity index (χ1) is 8.83. The van der Waals surface area contributed by atoms with E-state index in [1.54, 1.807) is 0 Å². The Morgan fingerprint density at radius 1 is 1.22 bits per heavy atom. The van der Waals surface area contributed by atoms with Crippen LogP contribution in [-0.4, -0.2) is 11.5 Å². The van der Waals surface area contributed by atoms with Gasteiger partial charge in [0.25, 0.3) is 0 Å². The van der Waals surface area contributed by atoms with Crippen molar-refractivity contribution in [3.8, 4) is 0 Å². The van der Waals surface area contributed by atoms with Gasteiger partial charge in [-0.2, -0.15) is 0 Å². The van der Waals surface area contributed by atoms with E-state index in [2.05, 4.69) is 47.6 Å². The van der Waals surface area contributed by atoms with Gasteiger partial charge in [-0.1, -0.05) is 37.6 Å². The summed E-state index contributed by atoms with van der Waals surface area (Å²) in [5.74, 6) is 2.76. The second-order valence-electron chi connectivity index (χ2n) is 5.55. The van der Waals surface area contributed by atoms with Crippen LogP contribution in [0.1, 0.15) is 26.2 Å². The maximum Gasteiger partial charge on any atom is 0.133 e. The van der Waals surface area contributed by atoms with Gasteiger partial charge in [0, 0.05) is 18.1 Å². The number of fused-ring (bicyclic) bond motifs is 1. The predicted octanol–water partition coefficient (Wildman–Crippen LogP) is 4.08. The highest BCUT2D eigenvalue weighted by Gasteiger charge is 2.21. The van der Waals surface area contributed by atoms with Gasteiger partial charge in [0.1, 0.15) is 5.82 Å². The van der Waals surface area contributed by atoms with Gasteiger partial charge in [0.2, 0.25) is 0 Å². The van der Waals surface area contributed by atoms with Crippen molar-refractivity contribution in [1.29, 1.82) is 0 Å². The molecule has 1 aromatic heterocycles. The molecule has 1 heterocycles. The van der Waals surface area contributed by atoms with Crippen LogP contribution in [-0.2, 0) is 0 Å². The number of pyridine rings is 1. The van der Waals surface area contributed by atoms with Gasteiger partial charge in [-0.25, -0.2) is 4.98 Å². The van der Waals surface area contributed by atoms with E-state index in [1.807, 2.05) is 6.20 Å². The molecule has 0 aliphatic heterocycles. The minimum atomic E-state index is 0.820. The average molecular weight is 240 g/mol. The van der Waals surface area contributed by atoms with Crippen molar-refractivity contribution >= 4 is 16.6 Å². The molecule has 2 nitrogen and oxygen atoms in total. The molecule has 3 rings (SSSR count). The molecule has 0 spiro atoms. The molecule has 1 fully saturated rings. The average Bonchev–Trinajstić information content (AvgIpc) is 2.82. The minimum absolute atomic E-state index is 0.820. The summed E-state index contributed by atoms with van der Waals surface area (Å²) in [5, 5.41) is 6.03. The summed E-state index contributed by atoms with van der Waals surface area (Å²) in [5.41, 5.74) is 0. The first-order valence-electron chi connectivity index (χ1n) is 6.90. The van der Waals surface area contributed by atoms with Crippen LogP contribution in [0.5, 0.6) is 0 Å². The van der Waals surface area contributed by atoms with Crippen molar-refractivity contribution < 1.29 is 0 Å². The zero-order valence-corrected chi connectivity index (χ0v) is 10.9. The Kier molecular flexibility index (Phi) is 3.18. The quantitative estimate of drug-likeness (QED) is 0.874. The number of aromatic nitrogens is 1. The topological polar surface area (TPSA) is 24.9 Å². The Morgan fingerprint density at radius 2 is 2.11 bits per heavy atom. The molecule has 0 saturated heterocycles. The summed E-state index contributed by atoms with van der Waals surface area (Å²) in [7, 11) is 0. The summed E-state index contributed by atoms with van der Waals surface area (Å²) in [6.07, 6.45) is 5.99. The van der Waals surface area contributed by atoms with Crippen LogP contribution in [0.15, 0.2) is 36.5 Å². The Bertz CT molecular complexity index is 530. The third kappa shape index (κ3) is 2.33. The summed E-state index contributed by atoms with van der Waals surface area (Å²) in [6, 6.07) is 10.5. The largest absolute Gasteiger partial charge is 0.369 e. The summed E-state index contributed by atoms with van der Waals surface area (Å²) in [4.78, 5) is 4.48. The van der Waals surface area contributed by atoms with Gasteiger partial charge in [-0.05, 0) is 36.1 Å². The molecule has 2 unspecified atom stereocenters. The molecular weight excluding hydrogens is 220 g/mol. The maximum absolute atomic E-state index is 4.48. The number of nitrogens with one attached hydrogen (secondary N) is 1. The van der Waals surface area contributed by atoms with Gasteiger partial charge in [-0.15, -0.1) is 0 Å². The van der Waals surface area contributed by atoms with Gasteiger partial charge >= 0.3 is 0 Å². The number of hydrogen-bond donors (Lipinski definition) is 1. The van der Waals surface area contributed by atoms with Crippen molar-refractivity contribution in [2.24, 2.45) is 11.8 Å². The zero-order chi connectivity index (χ0) is 12.4. The molecule has 0 bridgehead atoms. The molecule has 2 aromatic rings. The van der Waals surface area contributed by atoms with E-state index < -0.39 is 0 Å². The normalized spacial score (nSPS) is 23.4. The van der Waals surface area contributed by atoms with Gasteiger partial charge in [0.05, 0.1) is 0 Å². The lowest BCUT2D eigenvalue weighted by Gasteiger charge is -2.13. The van der Waals surface area contributed by atoms with E-state index in [4.69, 9.17) is 0 Å². The molecule has 18 heavy (non-hydrogen) atoms. The molecule has 0 amide bonds. The molecular formula is C16H20N2. The lowest BCUT2D eigenvalue weighted by molar-refractivity contribution is 0.537. The van der Waals surface area contributed by atoms with E-state index in [9.17, 15) is 0 Å². The smallest absolute Gasteiger partial charge is 0.133 e. The molecule has 1 aromatic carbocycles. The highest BCUT2D eigenvalue weighted by atomic mass is 15.0. The van der Waals surface area contributed by atoms with E-state index in [0.717, 1.165) is 24.2 Å². The third-order valence-corrected chi connectivity index (χ3v) is 4.04. The SMILES string of the molecule is CC1CCC(CNc2nccc3ccccc23)C1. The summed E-state index contributed by atoms with van der Waals surface area (Å²) < 4.78 is 0. The fraction of sp³-hybridized carbons (Fsp3) is 0.438. The van der Waals surface area contributed by atoms with E-state index >= 15 is 0 Å². The van der Waals surface area contributed by atoms with E-state index in [1.165, 1.54) is 30.0 Å². The van der Waals surface area contributed by atoms with Crippen molar-refractivity contribution in [2.75, 3.05) is 11.9 Å². The monoisotopic (exact) mass is 240 g/mol. The summed E-state index contributed by atoms with van der Waals surface area (Å²) in [6.45, 7) is 3.42. The highest BCUT2D eigenvalue weighted by Crippen LogP contribution is 2.30. The van der Waals surface area contributed by atoms with Crippen LogP contribution in [0.3, 0.4) is 0 Å². The Hall–Kier alpha value is -1.57. The highest BCUT2D eigenvalue weighted by molar-refractivity contribution is 5.91. The number of hydrogen-bond acceptors (Lipinski definition) is 2. The van der Waals surface area contributed by atoms with Crippen LogP contribution in [0.25, 0.3) is 10.8 Å². The maximum atomic E-state index is 4.48. The van der Waals surface area contributed by atoms with E-state index in [-0.39, 0.29) is 0 Å². The Balaban J connectivity index is 1.74.